The molecule has 2 aromatic carbocycles. The molecule has 8 heteroatoms. The molecule has 162 valence electrons. The minimum Gasteiger partial charge on any atom is -0.362 e. The number of benzene rings is 2. The molecule has 1 aliphatic carbocycles. The van der Waals surface area contributed by atoms with Crippen molar-refractivity contribution in [3.63, 3.8) is 0 Å². The Hall–Kier alpha value is -2.57. The van der Waals surface area contributed by atoms with E-state index in [1.807, 2.05) is 43.3 Å². The maximum atomic E-state index is 12.6. The number of fused-ring (bicyclic) bond motifs is 1. The van der Waals surface area contributed by atoms with Crippen molar-refractivity contribution in [2.75, 3.05) is 24.3 Å². The van der Waals surface area contributed by atoms with Gasteiger partial charge in [0.15, 0.2) is 0 Å². The lowest BCUT2D eigenvalue weighted by Gasteiger charge is -2.30. The van der Waals surface area contributed by atoms with E-state index in [1.165, 1.54) is 0 Å². The maximum absolute atomic E-state index is 12.6. The summed E-state index contributed by atoms with van der Waals surface area (Å²) >= 11 is 12.3. The molecule has 0 spiro atoms. The fourth-order valence-corrected chi connectivity index (χ4v) is 4.57. The summed E-state index contributed by atoms with van der Waals surface area (Å²) in [6.07, 6.45) is 3.54. The molecule has 0 radical (unpaired) electrons. The second-order valence-electron chi connectivity index (χ2n) is 8.05. The fourth-order valence-electron chi connectivity index (χ4n) is 4.00. The predicted molar refractivity (Wildman–Crippen MR) is 127 cm³/mol. The van der Waals surface area contributed by atoms with Crippen LogP contribution >= 0.6 is 23.2 Å². The van der Waals surface area contributed by atoms with E-state index in [-0.39, 0.29) is 18.0 Å². The van der Waals surface area contributed by atoms with Crippen molar-refractivity contribution >= 4 is 51.8 Å². The van der Waals surface area contributed by atoms with Crippen molar-refractivity contribution in [2.45, 2.75) is 37.8 Å². The Morgan fingerprint density at radius 3 is 2.26 bits per heavy atom. The van der Waals surface area contributed by atoms with Crippen molar-refractivity contribution in [2.24, 2.45) is 0 Å². The van der Waals surface area contributed by atoms with Crippen molar-refractivity contribution in [3.8, 4) is 0 Å². The third-order valence-corrected chi connectivity index (χ3v) is 6.22. The number of hydrogen-bond acceptors (Lipinski definition) is 5. The van der Waals surface area contributed by atoms with Crippen LogP contribution in [0.15, 0.2) is 42.5 Å². The Balaban J connectivity index is 1.39. The molecule has 1 aromatic heterocycles. The highest BCUT2D eigenvalue weighted by Crippen LogP contribution is 2.28. The lowest BCUT2D eigenvalue weighted by Crippen LogP contribution is -2.40. The summed E-state index contributed by atoms with van der Waals surface area (Å²) in [5.74, 6) is 1.31. The lowest BCUT2D eigenvalue weighted by atomic mass is 9.91. The Kier molecular flexibility index (Phi) is 6.49. The number of aromatic nitrogens is 2. The molecule has 6 nitrogen and oxygen atoms in total. The van der Waals surface area contributed by atoms with Crippen LogP contribution in [0.25, 0.3) is 10.9 Å². The molecule has 1 aliphatic rings. The van der Waals surface area contributed by atoms with Gasteiger partial charge in [-0.25, -0.2) is 4.98 Å². The smallest absolute Gasteiger partial charge is 0.254 e. The monoisotopic (exact) mass is 457 g/mol. The molecule has 1 heterocycles. The van der Waals surface area contributed by atoms with Crippen LogP contribution in [0.3, 0.4) is 0 Å². The summed E-state index contributed by atoms with van der Waals surface area (Å²) < 4.78 is 0. The number of anilines is 2. The van der Waals surface area contributed by atoms with Gasteiger partial charge < -0.3 is 15.5 Å². The molecule has 1 saturated carbocycles. The van der Waals surface area contributed by atoms with Crippen LogP contribution in [-0.2, 0) is 0 Å². The van der Waals surface area contributed by atoms with Crippen LogP contribution in [0.2, 0.25) is 10.0 Å². The predicted octanol–water partition coefficient (Wildman–Crippen LogP) is 5.16. The van der Waals surface area contributed by atoms with Gasteiger partial charge in [-0.1, -0.05) is 41.4 Å². The standard InChI is InChI=1S/C23H25Cl2N5O/c1-30(2)21-16-6-3-4-9-19(16)28-23(29-21)27-15-12-10-14(11-13-15)26-22(31)20-17(24)7-5-8-18(20)25/h3-9,14-15H,10-13H2,1-2H3,(H,26,31)(H,27,28,29)/t14-,15+. The highest BCUT2D eigenvalue weighted by atomic mass is 35.5. The number of amides is 1. The molecule has 1 amide bonds. The van der Waals surface area contributed by atoms with Gasteiger partial charge in [-0.15, -0.1) is 0 Å². The molecule has 1 fully saturated rings. The van der Waals surface area contributed by atoms with Crippen LogP contribution in [0.1, 0.15) is 36.0 Å². The molecule has 0 saturated heterocycles. The van der Waals surface area contributed by atoms with Crippen LogP contribution < -0.4 is 15.5 Å². The molecule has 0 unspecified atom stereocenters. The first kappa shape index (κ1) is 21.7. The van der Waals surface area contributed by atoms with Gasteiger partial charge in [0, 0.05) is 31.6 Å². The number of carbonyl (C=O) groups is 1. The molecule has 0 aliphatic heterocycles. The first-order valence-electron chi connectivity index (χ1n) is 10.4. The fraction of sp³-hybridized carbons (Fsp3) is 0.348. The summed E-state index contributed by atoms with van der Waals surface area (Å²) in [5.41, 5.74) is 1.26. The zero-order chi connectivity index (χ0) is 22.0. The molecule has 31 heavy (non-hydrogen) atoms. The quantitative estimate of drug-likeness (QED) is 0.553. The van der Waals surface area contributed by atoms with Gasteiger partial charge >= 0.3 is 0 Å². The van der Waals surface area contributed by atoms with E-state index < -0.39 is 0 Å². The average molecular weight is 458 g/mol. The van der Waals surface area contributed by atoms with Gasteiger partial charge in [0.1, 0.15) is 5.82 Å². The first-order chi connectivity index (χ1) is 14.9. The summed E-state index contributed by atoms with van der Waals surface area (Å²) in [6.45, 7) is 0. The van der Waals surface area contributed by atoms with Gasteiger partial charge in [-0.05, 0) is 49.9 Å². The highest BCUT2D eigenvalue weighted by molar-refractivity contribution is 6.39. The van der Waals surface area contributed by atoms with E-state index in [9.17, 15) is 4.79 Å². The molecule has 4 rings (SSSR count). The Bertz CT molecular complexity index is 1080. The summed E-state index contributed by atoms with van der Waals surface area (Å²) in [5, 5.41) is 8.33. The number of hydrogen-bond donors (Lipinski definition) is 2. The van der Waals surface area contributed by atoms with E-state index in [1.54, 1.807) is 18.2 Å². The molecule has 0 bridgehead atoms. The van der Waals surface area contributed by atoms with Crippen LogP contribution in [0.4, 0.5) is 11.8 Å². The van der Waals surface area contributed by atoms with Crippen molar-refractivity contribution in [1.29, 1.82) is 0 Å². The van der Waals surface area contributed by atoms with Crippen molar-refractivity contribution in [1.82, 2.24) is 15.3 Å². The number of nitrogens with zero attached hydrogens (tertiary/aromatic N) is 3. The Labute approximate surface area is 192 Å². The lowest BCUT2D eigenvalue weighted by molar-refractivity contribution is 0.0927. The van der Waals surface area contributed by atoms with Gasteiger partial charge in [0.2, 0.25) is 5.95 Å². The minimum absolute atomic E-state index is 0.0905. The van der Waals surface area contributed by atoms with Gasteiger partial charge in [-0.2, -0.15) is 4.98 Å². The first-order valence-corrected chi connectivity index (χ1v) is 11.1. The number of halogens is 2. The second-order valence-corrected chi connectivity index (χ2v) is 8.86. The molecule has 2 N–H and O–H groups in total. The van der Waals surface area contributed by atoms with Crippen LogP contribution in [0.5, 0.6) is 0 Å². The van der Waals surface area contributed by atoms with Crippen molar-refractivity contribution < 1.29 is 4.79 Å². The normalized spacial score (nSPS) is 18.6. The SMILES string of the molecule is CN(C)c1nc(N[C@H]2CC[C@@H](NC(=O)c3c(Cl)cccc3Cl)CC2)nc2ccccc12. The summed E-state index contributed by atoms with van der Waals surface area (Å²) in [4.78, 5) is 24.1. The maximum Gasteiger partial charge on any atom is 0.254 e. The third kappa shape index (κ3) is 4.86. The molecular formula is C23H25Cl2N5O. The van der Waals surface area contributed by atoms with Gasteiger partial charge in [-0.3, -0.25) is 4.79 Å². The molecular weight excluding hydrogens is 433 g/mol. The van der Waals surface area contributed by atoms with E-state index in [4.69, 9.17) is 33.2 Å². The molecule has 0 atom stereocenters. The number of rotatable bonds is 5. The molecule has 3 aromatic rings. The number of para-hydroxylation sites is 1. The Morgan fingerprint density at radius 1 is 0.935 bits per heavy atom. The second kappa shape index (κ2) is 9.28. The summed E-state index contributed by atoms with van der Waals surface area (Å²) in [6, 6.07) is 13.4. The van der Waals surface area contributed by atoms with E-state index in [2.05, 4.69) is 10.6 Å². The zero-order valence-corrected chi connectivity index (χ0v) is 19.0. The number of carbonyl (C=O) groups excluding carboxylic acids is 1. The van der Waals surface area contributed by atoms with E-state index in [0.29, 0.717) is 21.6 Å². The zero-order valence-electron chi connectivity index (χ0n) is 17.5. The topological polar surface area (TPSA) is 70.2 Å². The van der Waals surface area contributed by atoms with E-state index >= 15 is 0 Å². The third-order valence-electron chi connectivity index (χ3n) is 5.59. The van der Waals surface area contributed by atoms with Crippen LogP contribution in [-0.4, -0.2) is 42.1 Å². The average Bonchev–Trinajstić information content (AvgIpc) is 2.74. The largest absolute Gasteiger partial charge is 0.362 e. The minimum atomic E-state index is -0.222. The summed E-state index contributed by atoms with van der Waals surface area (Å²) in [7, 11) is 3.97. The van der Waals surface area contributed by atoms with E-state index in [0.717, 1.165) is 42.4 Å². The highest BCUT2D eigenvalue weighted by Gasteiger charge is 2.25. The van der Waals surface area contributed by atoms with Crippen LogP contribution in [0, 0.1) is 0 Å². The van der Waals surface area contributed by atoms with Gasteiger partial charge in [0.05, 0.1) is 21.1 Å². The van der Waals surface area contributed by atoms with Gasteiger partial charge in [0.25, 0.3) is 5.91 Å². The Morgan fingerprint density at radius 2 is 1.58 bits per heavy atom. The van der Waals surface area contributed by atoms with Crippen molar-refractivity contribution in [3.05, 3.63) is 58.1 Å². The number of nitrogens with one attached hydrogen (secondary N) is 2.